The van der Waals surface area contributed by atoms with Crippen LogP contribution in [-0.4, -0.2) is 20.7 Å². The van der Waals surface area contributed by atoms with Crippen LogP contribution in [0.5, 0.6) is 0 Å². The Kier molecular flexibility index (Phi) is 4.72. The molecule has 0 amide bonds. The molecule has 1 aromatic rings. The molecule has 0 aliphatic carbocycles. The Morgan fingerprint density at radius 2 is 2.27 bits per heavy atom. The van der Waals surface area contributed by atoms with Crippen molar-refractivity contribution in [3.8, 4) is 0 Å². The summed E-state index contributed by atoms with van der Waals surface area (Å²) in [5, 5.41) is 10.1. The lowest BCUT2D eigenvalue weighted by atomic mass is 10.3. The first-order valence-electron chi connectivity index (χ1n) is 4.73. The van der Waals surface area contributed by atoms with Crippen molar-refractivity contribution in [3.05, 3.63) is 21.9 Å². The Hall–Kier alpha value is -0.430. The summed E-state index contributed by atoms with van der Waals surface area (Å²) in [6.45, 7) is 3.54. The van der Waals surface area contributed by atoms with Gasteiger partial charge in [-0.2, -0.15) is 0 Å². The van der Waals surface area contributed by atoms with Crippen molar-refractivity contribution in [1.29, 1.82) is 0 Å². The topological polar surface area (TPSA) is 72.2 Å². The van der Waals surface area contributed by atoms with Crippen LogP contribution in [-0.2, 0) is 16.6 Å². The third-order valence-corrected chi connectivity index (χ3v) is 3.92. The number of rotatable bonds is 6. The number of hydrogen-bond donors (Lipinski definition) is 2. The van der Waals surface area contributed by atoms with Crippen molar-refractivity contribution in [2.45, 2.75) is 19.9 Å². The van der Waals surface area contributed by atoms with Crippen molar-refractivity contribution in [2.75, 3.05) is 12.3 Å². The molecule has 0 atom stereocenters. The molecule has 0 aromatic carbocycles. The highest BCUT2D eigenvalue weighted by atomic mass is 32.2. The number of primary sulfonamides is 1. The average Bonchev–Trinajstić information content (AvgIpc) is 2.49. The van der Waals surface area contributed by atoms with E-state index >= 15 is 0 Å². The Labute approximate surface area is 94.5 Å². The second-order valence-corrected chi connectivity index (χ2v) is 6.16. The van der Waals surface area contributed by atoms with Gasteiger partial charge in [-0.1, -0.05) is 0 Å². The zero-order valence-electron chi connectivity index (χ0n) is 8.69. The van der Waals surface area contributed by atoms with E-state index in [1.165, 1.54) is 10.4 Å². The van der Waals surface area contributed by atoms with Crippen molar-refractivity contribution in [1.82, 2.24) is 5.32 Å². The summed E-state index contributed by atoms with van der Waals surface area (Å²) in [6.07, 6.45) is 0.559. The van der Waals surface area contributed by atoms with E-state index in [-0.39, 0.29) is 5.75 Å². The van der Waals surface area contributed by atoms with Crippen molar-refractivity contribution >= 4 is 21.4 Å². The normalized spacial score (nSPS) is 11.9. The van der Waals surface area contributed by atoms with Gasteiger partial charge < -0.3 is 5.32 Å². The molecule has 15 heavy (non-hydrogen) atoms. The molecule has 0 spiro atoms. The number of nitrogens with two attached hydrogens (primary N) is 1. The summed E-state index contributed by atoms with van der Waals surface area (Å²) in [4.78, 5) is 1.30. The van der Waals surface area contributed by atoms with Crippen LogP contribution in [0.4, 0.5) is 0 Å². The highest BCUT2D eigenvalue weighted by Crippen LogP contribution is 2.14. The molecule has 0 saturated carbocycles. The average molecular weight is 248 g/mol. The van der Waals surface area contributed by atoms with Crippen LogP contribution in [0.3, 0.4) is 0 Å². The molecule has 0 saturated heterocycles. The Bertz CT molecular complexity index is 398. The molecule has 4 nitrogen and oxygen atoms in total. The minimum Gasteiger partial charge on any atom is -0.312 e. The van der Waals surface area contributed by atoms with E-state index in [9.17, 15) is 8.42 Å². The highest BCUT2D eigenvalue weighted by Gasteiger charge is 2.02. The van der Waals surface area contributed by atoms with Crippen molar-refractivity contribution in [2.24, 2.45) is 5.14 Å². The number of hydrogen-bond acceptors (Lipinski definition) is 4. The SMILES string of the molecule is Cc1ccsc1CNCCCS(N)(=O)=O. The molecule has 1 aromatic heterocycles. The van der Waals surface area contributed by atoms with Crippen LogP contribution >= 0.6 is 11.3 Å². The van der Waals surface area contributed by atoms with Gasteiger partial charge in [-0.3, -0.25) is 0 Å². The van der Waals surface area contributed by atoms with Crippen LogP contribution in [0, 0.1) is 6.92 Å². The molecule has 0 bridgehead atoms. The van der Waals surface area contributed by atoms with E-state index in [1.54, 1.807) is 11.3 Å². The van der Waals surface area contributed by atoms with Gasteiger partial charge >= 0.3 is 0 Å². The smallest absolute Gasteiger partial charge is 0.209 e. The number of aryl methyl sites for hydroxylation is 1. The molecule has 86 valence electrons. The first-order valence-corrected chi connectivity index (χ1v) is 7.33. The van der Waals surface area contributed by atoms with Gasteiger partial charge in [0.15, 0.2) is 0 Å². The fourth-order valence-corrected chi connectivity index (χ4v) is 2.61. The molecular formula is C9H16N2O2S2. The summed E-state index contributed by atoms with van der Waals surface area (Å²) < 4.78 is 21.3. The zero-order valence-corrected chi connectivity index (χ0v) is 10.3. The lowest BCUT2D eigenvalue weighted by molar-refractivity contribution is 0.590. The van der Waals surface area contributed by atoms with Gasteiger partial charge in [0, 0.05) is 11.4 Å². The first-order chi connectivity index (χ1) is 6.99. The van der Waals surface area contributed by atoms with Crippen LogP contribution in [0.25, 0.3) is 0 Å². The Morgan fingerprint density at radius 3 is 2.80 bits per heavy atom. The molecule has 0 radical (unpaired) electrons. The Balaban J connectivity index is 2.15. The predicted octanol–water partition coefficient (Wildman–Crippen LogP) is 0.825. The van der Waals surface area contributed by atoms with Crippen LogP contribution < -0.4 is 10.5 Å². The molecule has 3 N–H and O–H groups in total. The molecule has 1 heterocycles. The van der Waals surface area contributed by atoms with E-state index in [0.29, 0.717) is 13.0 Å². The maximum Gasteiger partial charge on any atom is 0.209 e. The lowest BCUT2D eigenvalue weighted by Crippen LogP contribution is -2.21. The van der Waals surface area contributed by atoms with E-state index in [0.717, 1.165) is 6.54 Å². The minimum absolute atomic E-state index is 0.0451. The number of thiophene rings is 1. The maximum atomic E-state index is 10.6. The standard InChI is InChI=1S/C9H16N2O2S2/c1-8-3-5-14-9(8)7-11-4-2-6-15(10,12)13/h3,5,11H,2,4,6-7H2,1H3,(H2,10,12,13). The zero-order chi connectivity index (χ0) is 11.3. The van der Waals surface area contributed by atoms with Crippen LogP contribution in [0.2, 0.25) is 0 Å². The second-order valence-electron chi connectivity index (χ2n) is 3.42. The minimum atomic E-state index is -3.30. The van der Waals surface area contributed by atoms with Crippen molar-refractivity contribution in [3.63, 3.8) is 0 Å². The van der Waals surface area contributed by atoms with Crippen molar-refractivity contribution < 1.29 is 8.42 Å². The molecule has 1 rings (SSSR count). The molecule has 0 unspecified atom stereocenters. The quantitative estimate of drug-likeness (QED) is 0.732. The van der Waals surface area contributed by atoms with Gasteiger partial charge in [-0.15, -0.1) is 11.3 Å². The monoisotopic (exact) mass is 248 g/mol. The lowest BCUT2D eigenvalue weighted by Gasteiger charge is -2.03. The molecule has 6 heteroatoms. The third-order valence-electron chi connectivity index (χ3n) is 2.04. The van der Waals surface area contributed by atoms with Gasteiger partial charge in [0.1, 0.15) is 0 Å². The maximum absolute atomic E-state index is 10.6. The van der Waals surface area contributed by atoms with E-state index in [2.05, 4.69) is 23.7 Å². The van der Waals surface area contributed by atoms with Gasteiger partial charge in [0.25, 0.3) is 0 Å². The fourth-order valence-electron chi connectivity index (χ4n) is 1.19. The fraction of sp³-hybridized carbons (Fsp3) is 0.556. The summed E-state index contributed by atoms with van der Waals surface area (Å²) in [7, 11) is -3.30. The summed E-state index contributed by atoms with van der Waals surface area (Å²) >= 11 is 1.71. The molecule has 0 fully saturated rings. The van der Waals surface area contributed by atoms with E-state index < -0.39 is 10.0 Å². The third kappa shape index (κ3) is 5.27. The first kappa shape index (κ1) is 12.6. The number of nitrogens with one attached hydrogen (secondary N) is 1. The van der Waals surface area contributed by atoms with Gasteiger partial charge in [0.2, 0.25) is 10.0 Å². The summed E-state index contributed by atoms with van der Waals surface area (Å²) in [5.41, 5.74) is 1.28. The summed E-state index contributed by atoms with van der Waals surface area (Å²) in [5.74, 6) is 0.0451. The highest BCUT2D eigenvalue weighted by molar-refractivity contribution is 7.89. The summed E-state index contributed by atoms with van der Waals surface area (Å²) in [6, 6.07) is 2.08. The second kappa shape index (κ2) is 5.60. The predicted molar refractivity (Wildman–Crippen MR) is 63.4 cm³/mol. The van der Waals surface area contributed by atoms with E-state index in [4.69, 9.17) is 5.14 Å². The molecule has 0 aliphatic heterocycles. The van der Waals surface area contributed by atoms with Crippen LogP contribution in [0.1, 0.15) is 16.9 Å². The van der Waals surface area contributed by atoms with Gasteiger partial charge in [-0.25, -0.2) is 13.6 Å². The Morgan fingerprint density at radius 1 is 1.53 bits per heavy atom. The molecule has 0 aliphatic rings. The van der Waals surface area contributed by atoms with Gasteiger partial charge in [0.05, 0.1) is 5.75 Å². The van der Waals surface area contributed by atoms with Gasteiger partial charge in [-0.05, 0) is 36.9 Å². The van der Waals surface area contributed by atoms with Crippen LogP contribution in [0.15, 0.2) is 11.4 Å². The number of sulfonamides is 1. The largest absolute Gasteiger partial charge is 0.312 e. The molecular weight excluding hydrogens is 232 g/mol. The van der Waals surface area contributed by atoms with E-state index in [1.807, 2.05) is 0 Å².